The van der Waals surface area contributed by atoms with Crippen molar-refractivity contribution in [2.75, 3.05) is 0 Å². The highest BCUT2D eigenvalue weighted by Crippen LogP contribution is 2.45. The summed E-state index contributed by atoms with van der Waals surface area (Å²) in [6, 6.07) is 0.139. The number of carbonyl (C=O) groups is 1. The summed E-state index contributed by atoms with van der Waals surface area (Å²) >= 11 is 0. The molecule has 0 radical (unpaired) electrons. The molecular formula is C16H29NO2. The molecule has 3 nitrogen and oxygen atoms in total. The maximum Gasteiger partial charge on any atom is 0.226 e. The van der Waals surface area contributed by atoms with E-state index < -0.39 is 0 Å². The van der Waals surface area contributed by atoms with Crippen LogP contribution in [0.1, 0.15) is 66.2 Å². The average Bonchev–Trinajstić information content (AvgIpc) is 2.77. The number of hydrogen-bond acceptors (Lipinski definition) is 2. The second-order valence-electron chi connectivity index (χ2n) is 7.68. The van der Waals surface area contributed by atoms with Crippen LogP contribution >= 0.6 is 0 Å². The van der Waals surface area contributed by atoms with Gasteiger partial charge in [0.05, 0.1) is 6.10 Å². The van der Waals surface area contributed by atoms with Crippen molar-refractivity contribution in [1.29, 1.82) is 0 Å². The predicted octanol–water partition coefficient (Wildman–Crippen LogP) is 2.87. The molecular weight excluding hydrogens is 238 g/mol. The van der Waals surface area contributed by atoms with Gasteiger partial charge in [0.25, 0.3) is 0 Å². The van der Waals surface area contributed by atoms with Crippen LogP contribution in [0.15, 0.2) is 0 Å². The molecule has 2 unspecified atom stereocenters. The molecule has 0 saturated heterocycles. The molecule has 2 atom stereocenters. The molecule has 2 N–H and O–H groups in total. The van der Waals surface area contributed by atoms with Crippen LogP contribution in [0.3, 0.4) is 0 Å². The standard InChI is InChI=1S/C16H29NO2/c1-11(2)10-16(7-5-6-8-16)14(19)17-12-9-13(18)15(12,3)4/h11-13,18H,5-10H2,1-4H3,(H,17,19). The topological polar surface area (TPSA) is 49.3 Å². The van der Waals surface area contributed by atoms with E-state index in [1.165, 1.54) is 12.8 Å². The molecule has 3 heteroatoms. The molecule has 2 aliphatic rings. The molecule has 0 bridgehead atoms. The van der Waals surface area contributed by atoms with Crippen molar-refractivity contribution < 1.29 is 9.90 Å². The van der Waals surface area contributed by atoms with Gasteiger partial charge in [0, 0.05) is 16.9 Å². The average molecular weight is 267 g/mol. The lowest BCUT2D eigenvalue weighted by Crippen LogP contribution is -2.62. The van der Waals surface area contributed by atoms with E-state index in [2.05, 4.69) is 19.2 Å². The highest BCUT2D eigenvalue weighted by atomic mass is 16.3. The summed E-state index contributed by atoms with van der Waals surface area (Å²) in [7, 11) is 0. The number of aliphatic hydroxyl groups excluding tert-OH is 1. The largest absolute Gasteiger partial charge is 0.392 e. The van der Waals surface area contributed by atoms with E-state index in [-0.39, 0.29) is 28.9 Å². The lowest BCUT2D eigenvalue weighted by Gasteiger charge is -2.50. The summed E-state index contributed by atoms with van der Waals surface area (Å²) in [5.74, 6) is 0.799. The summed E-state index contributed by atoms with van der Waals surface area (Å²) in [6.07, 6.45) is 5.85. The normalized spacial score (nSPS) is 32.1. The van der Waals surface area contributed by atoms with Gasteiger partial charge in [-0.1, -0.05) is 40.5 Å². The molecule has 2 saturated carbocycles. The minimum absolute atomic E-state index is 0.134. The maximum atomic E-state index is 12.7. The quantitative estimate of drug-likeness (QED) is 0.823. The summed E-state index contributed by atoms with van der Waals surface area (Å²) in [6.45, 7) is 8.47. The van der Waals surface area contributed by atoms with Crippen molar-refractivity contribution in [1.82, 2.24) is 5.32 Å². The predicted molar refractivity (Wildman–Crippen MR) is 76.7 cm³/mol. The van der Waals surface area contributed by atoms with Crippen LogP contribution < -0.4 is 5.32 Å². The highest BCUT2D eigenvalue weighted by molar-refractivity contribution is 5.83. The third-order valence-electron chi connectivity index (χ3n) is 5.36. The van der Waals surface area contributed by atoms with Crippen molar-refractivity contribution in [3.63, 3.8) is 0 Å². The van der Waals surface area contributed by atoms with E-state index in [9.17, 15) is 9.90 Å². The maximum absolute atomic E-state index is 12.7. The minimum Gasteiger partial charge on any atom is -0.392 e. The number of amides is 1. The number of hydrogen-bond donors (Lipinski definition) is 2. The molecule has 0 heterocycles. The fourth-order valence-corrected chi connectivity index (χ4v) is 3.82. The molecule has 110 valence electrons. The zero-order chi connectivity index (χ0) is 14.3. The summed E-state index contributed by atoms with van der Waals surface area (Å²) < 4.78 is 0. The van der Waals surface area contributed by atoms with Gasteiger partial charge in [-0.3, -0.25) is 4.79 Å². The van der Waals surface area contributed by atoms with Crippen LogP contribution in [-0.2, 0) is 4.79 Å². The first kappa shape index (κ1) is 14.8. The smallest absolute Gasteiger partial charge is 0.226 e. The molecule has 0 aliphatic heterocycles. The third-order valence-corrected chi connectivity index (χ3v) is 5.36. The molecule has 0 spiro atoms. The van der Waals surface area contributed by atoms with Gasteiger partial charge in [0.2, 0.25) is 5.91 Å². The molecule has 0 aromatic heterocycles. The zero-order valence-corrected chi connectivity index (χ0v) is 12.8. The second kappa shape index (κ2) is 5.08. The molecule has 0 aromatic rings. The van der Waals surface area contributed by atoms with Crippen LogP contribution in [0.2, 0.25) is 0 Å². The van der Waals surface area contributed by atoms with Crippen LogP contribution in [0.5, 0.6) is 0 Å². The van der Waals surface area contributed by atoms with Crippen molar-refractivity contribution in [2.45, 2.75) is 78.4 Å². The van der Waals surface area contributed by atoms with E-state index in [4.69, 9.17) is 0 Å². The van der Waals surface area contributed by atoms with E-state index in [0.29, 0.717) is 12.3 Å². The fourth-order valence-electron chi connectivity index (χ4n) is 3.82. The van der Waals surface area contributed by atoms with Gasteiger partial charge >= 0.3 is 0 Å². The Kier molecular flexibility index (Phi) is 3.97. The zero-order valence-electron chi connectivity index (χ0n) is 12.8. The van der Waals surface area contributed by atoms with E-state index >= 15 is 0 Å². The molecule has 2 rings (SSSR count). The Morgan fingerprint density at radius 2 is 1.89 bits per heavy atom. The Morgan fingerprint density at radius 3 is 2.32 bits per heavy atom. The Hall–Kier alpha value is -0.570. The van der Waals surface area contributed by atoms with Gasteiger partial charge in [0.1, 0.15) is 0 Å². The van der Waals surface area contributed by atoms with Gasteiger partial charge < -0.3 is 10.4 Å². The van der Waals surface area contributed by atoms with E-state index in [1.807, 2.05) is 13.8 Å². The van der Waals surface area contributed by atoms with Crippen molar-refractivity contribution in [3.05, 3.63) is 0 Å². The Balaban J connectivity index is 2.01. The second-order valence-corrected chi connectivity index (χ2v) is 7.68. The van der Waals surface area contributed by atoms with Gasteiger partial charge in [-0.05, 0) is 31.6 Å². The monoisotopic (exact) mass is 267 g/mol. The number of carbonyl (C=O) groups excluding carboxylic acids is 1. The van der Waals surface area contributed by atoms with Crippen LogP contribution in [0.4, 0.5) is 0 Å². The molecule has 2 fully saturated rings. The van der Waals surface area contributed by atoms with Crippen LogP contribution in [-0.4, -0.2) is 23.2 Å². The molecule has 0 aromatic carbocycles. The van der Waals surface area contributed by atoms with Gasteiger partial charge in [-0.2, -0.15) is 0 Å². The lowest BCUT2D eigenvalue weighted by molar-refractivity contribution is -0.139. The Morgan fingerprint density at radius 1 is 1.32 bits per heavy atom. The molecule has 1 amide bonds. The number of aliphatic hydroxyl groups is 1. The number of nitrogens with one attached hydrogen (secondary N) is 1. The highest BCUT2D eigenvalue weighted by Gasteiger charge is 2.50. The minimum atomic E-state index is -0.276. The van der Waals surface area contributed by atoms with Gasteiger partial charge in [-0.15, -0.1) is 0 Å². The SMILES string of the molecule is CC(C)CC1(C(=O)NC2CC(O)C2(C)C)CCCC1. The van der Waals surface area contributed by atoms with Gasteiger partial charge in [0.15, 0.2) is 0 Å². The molecule has 2 aliphatic carbocycles. The first-order valence-electron chi connectivity index (χ1n) is 7.77. The van der Waals surface area contributed by atoms with Crippen LogP contribution in [0, 0.1) is 16.7 Å². The van der Waals surface area contributed by atoms with Crippen molar-refractivity contribution in [2.24, 2.45) is 16.7 Å². The summed E-state index contributed by atoms with van der Waals surface area (Å²) in [5, 5.41) is 13.0. The summed E-state index contributed by atoms with van der Waals surface area (Å²) in [5.41, 5.74) is -0.307. The Labute approximate surface area is 117 Å². The van der Waals surface area contributed by atoms with E-state index in [1.54, 1.807) is 0 Å². The third kappa shape index (κ3) is 2.67. The first-order chi connectivity index (χ1) is 8.78. The van der Waals surface area contributed by atoms with Crippen LogP contribution in [0.25, 0.3) is 0 Å². The summed E-state index contributed by atoms with van der Waals surface area (Å²) in [4.78, 5) is 12.7. The van der Waals surface area contributed by atoms with E-state index in [0.717, 1.165) is 19.3 Å². The first-order valence-corrected chi connectivity index (χ1v) is 7.77. The lowest BCUT2D eigenvalue weighted by atomic mass is 9.64. The van der Waals surface area contributed by atoms with Crippen molar-refractivity contribution in [3.8, 4) is 0 Å². The van der Waals surface area contributed by atoms with Gasteiger partial charge in [-0.25, -0.2) is 0 Å². The Bertz CT molecular complexity index is 343. The number of rotatable bonds is 4. The molecule has 19 heavy (non-hydrogen) atoms. The fraction of sp³-hybridized carbons (Fsp3) is 0.938. The van der Waals surface area contributed by atoms with Crippen molar-refractivity contribution >= 4 is 5.91 Å².